The summed E-state index contributed by atoms with van der Waals surface area (Å²) in [6.45, 7) is 4.82. The van der Waals surface area contributed by atoms with Crippen molar-refractivity contribution in [3.05, 3.63) is 0 Å². The van der Waals surface area contributed by atoms with Gasteiger partial charge in [0.2, 0.25) is 0 Å². The van der Waals surface area contributed by atoms with E-state index in [1.165, 1.54) is 64.2 Å². The minimum Gasteiger partial charge on any atom is -1.00 e. The molecule has 1 rings (SSSR count). The molecule has 0 N–H and O–H groups in total. The molecule has 0 bridgehead atoms. The van der Waals surface area contributed by atoms with Crippen molar-refractivity contribution in [1.82, 2.24) is 0 Å². The quantitative estimate of drug-likeness (QED) is 0.259. The van der Waals surface area contributed by atoms with Gasteiger partial charge in [0.15, 0.2) is 6.29 Å². The summed E-state index contributed by atoms with van der Waals surface area (Å²) in [5, 5.41) is 0. The van der Waals surface area contributed by atoms with Crippen LogP contribution in [0.25, 0.3) is 0 Å². The van der Waals surface area contributed by atoms with Crippen molar-refractivity contribution in [1.29, 1.82) is 0 Å². The van der Waals surface area contributed by atoms with Gasteiger partial charge in [-0.3, -0.25) is 4.18 Å². The number of unbranched alkanes of at least 4 members (excludes halogenated alkanes) is 9. The molecule has 8 heteroatoms. The summed E-state index contributed by atoms with van der Waals surface area (Å²) in [4.78, 5) is 0. The van der Waals surface area contributed by atoms with Crippen LogP contribution in [0.2, 0.25) is 0 Å². The molecule has 1 aliphatic rings. The van der Waals surface area contributed by atoms with Gasteiger partial charge < -0.3 is 10.9 Å². The molecule has 0 amide bonds. The molecular weight excluding hydrogens is 391 g/mol. The Bertz CT molecular complexity index is 466. The fourth-order valence-electron chi connectivity index (χ4n) is 3.31. The van der Waals surface area contributed by atoms with Gasteiger partial charge in [-0.1, -0.05) is 71.1 Å². The van der Waals surface area contributed by atoms with Crippen molar-refractivity contribution in [2.24, 2.45) is 0 Å². The average Bonchev–Trinajstić information content (AvgIpc) is 3.08. The Hall–Kier alpha value is 0.790. The van der Waals surface area contributed by atoms with E-state index in [0.29, 0.717) is 13.0 Å². The predicted octanol–water partition coefficient (Wildman–Crippen LogP) is 2.23. The first-order valence-corrected chi connectivity index (χ1v) is 12.1. The Morgan fingerprint density at radius 1 is 1.00 bits per heavy atom. The van der Waals surface area contributed by atoms with Crippen LogP contribution in [0.15, 0.2) is 0 Å². The third-order valence-electron chi connectivity index (χ3n) is 5.03. The van der Waals surface area contributed by atoms with Gasteiger partial charge in [0.05, 0.1) is 25.9 Å². The average molecular weight is 433 g/mol. The van der Waals surface area contributed by atoms with E-state index in [2.05, 4.69) is 18.0 Å². The van der Waals surface area contributed by atoms with Crippen LogP contribution in [-0.2, 0) is 28.2 Å². The Morgan fingerprint density at radius 3 is 2.14 bits per heavy atom. The van der Waals surface area contributed by atoms with Gasteiger partial charge in [-0.2, -0.15) is 8.42 Å². The number of hydrogen-bond acceptors (Lipinski definition) is 6. The van der Waals surface area contributed by atoms with Crippen molar-refractivity contribution in [2.45, 2.75) is 116 Å². The monoisotopic (exact) mass is 432 g/mol. The molecule has 164 valence electrons. The summed E-state index contributed by atoms with van der Waals surface area (Å²) in [6, 6.07) is 0. The summed E-state index contributed by atoms with van der Waals surface area (Å²) in [5.41, 5.74) is 0. The van der Waals surface area contributed by atoms with Crippen LogP contribution in [0.1, 0.15) is 98.7 Å². The first-order valence-electron chi connectivity index (χ1n) is 10.7. The summed E-state index contributed by atoms with van der Waals surface area (Å²) < 4.78 is 43.0. The normalized spacial score (nSPS) is 20.8. The van der Waals surface area contributed by atoms with Crippen molar-refractivity contribution in [3.63, 3.8) is 0 Å². The smallest absolute Gasteiger partial charge is 1.00 e. The van der Waals surface area contributed by atoms with E-state index in [0.717, 1.165) is 20.0 Å². The zero-order valence-corrected chi connectivity index (χ0v) is 21.3. The van der Waals surface area contributed by atoms with Crippen LogP contribution in [0.4, 0.5) is 0 Å². The summed E-state index contributed by atoms with van der Waals surface area (Å²) in [5.74, 6) is 0. The first-order chi connectivity index (χ1) is 13.0. The molecule has 1 aliphatic heterocycles. The molecule has 0 spiro atoms. The zero-order valence-electron chi connectivity index (χ0n) is 19.5. The molecule has 6 nitrogen and oxygen atoms in total. The number of rotatable bonds is 17. The number of hydrogen-bond donors (Lipinski definition) is 0. The van der Waals surface area contributed by atoms with E-state index in [-0.39, 0.29) is 43.2 Å². The Balaban J connectivity index is 0. The standard InChI is InChI=1S/C20H40O6S.Na.H/c1-4-5-6-7-8-9-10-11-12-13-14-18(2)24-17-19-15-16-20(25-19)26-27(21,22)23-3;;/h18-20H,4-17H2,1-3H3;;/q;+1;-1. The molecule has 0 radical (unpaired) electrons. The van der Waals surface area contributed by atoms with Gasteiger partial charge in [0.1, 0.15) is 0 Å². The van der Waals surface area contributed by atoms with E-state index in [9.17, 15) is 8.42 Å². The maximum atomic E-state index is 11.2. The van der Waals surface area contributed by atoms with Crippen molar-refractivity contribution in [3.8, 4) is 0 Å². The maximum Gasteiger partial charge on any atom is 1.00 e. The largest absolute Gasteiger partial charge is 1.00 e. The molecule has 0 saturated carbocycles. The maximum absolute atomic E-state index is 11.2. The molecule has 1 saturated heterocycles. The molecular formula is C20H41NaO6S. The fraction of sp³-hybridized carbons (Fsp3) is 1.00. The van der Waals surface area contributed by atoms with Crippen molar-refractivity contribution in [2.75, 3.05) is 13.7 Å². The Morgan fingerprint density at radius 2 is 1.57 bits per heavy atom. The van der Waals surface area contributed by atoms with Crippen molar-refractivity contribution >= 4 is 10.4 Å². The first kappa shape index (κ1) is 28.8. The van der Waals surface area contributed by atoms with Gasteiger partial charge in [0.25, 0.3) is 0 Å². The third-order valence-corrected chi connectivity index (χ3v) is 5.89. The van der Waals surface area contributed by atoms with Crippen LogP contribution < -0.4 is 29.6 Å². The molecule has 1 fully saturated rings. The van der Waals surface area contributed by atoms with Gasteiger partial charge >= 0.3 is 40.0 Å². The van der Waals surface area contributed by atoms with E-state index in [1.54, 1.807) is 0 Å². The molecule has 0 aromatic carbocycles. The van der Waals surface area contributed by atoms with E-state index in [4.69, 9.17) is 13.7 Å². The number of ether oxygens (including phenoxy) is 2. The van der Waals surface area contributed by atoms with Gasteiger partial charge in [-0.05, 0) is 19.8 Å². The van der Waals surface area contributed by atoms with E-state index >= 15 is 0 Å². The molecule has 0 aliphatic carbocycles. The molecule has 3 unspecified atom stereocenters. The van der Waals surface area contributed by atoms with E-state index in [1.807, 2.05) is 0 Å². The minimum atomic E-state index is -3.95. The molecule has 3 atom stereocenters. The van der Waals surface area contributed by atoms with Gasteiger partial charge in [0, 0.05) is 6.42 Å². The SMILES string of the molecule is CCCCCCCCCCCCC(C)OCC1CCC(OS(=O)(=O)OC)O1.[H-].[Na+]. The fourth-order valence-corrected chi connectivity index (χ4v) is 3.79. The van der Waals surface area contributed by atoms with Gasteiger partial charge in [-0.15, -0.1) is 0 Å². The second-order valence-electron chi connectivity index (χ2n) is 7.55. The molecule has 1 heterocycles. The van der Waals surface area contributed by atoms with E-state index < -0.39 is 16.7 Å². The van der Waals surface area contributed by atoms with Crippen LogP contribution in [0.3, 0.4) is 0 Å². The Labute approximate surface area is 196 Å². The summed E-state index contributed by atoms with van der Waals surface area (Å²) in [6.07, 6.45) is 15.0. The van der Waals surface area contributed by atoms with Crippen molar-refractivity contribution < 1.29 is 57.2 Å². The molecule has 0 aromatic rings. The zero-order chi connectivity index (χ0) is 20.0. The van der Waals surface area contributed by atoms with Crippen LogP contribution >= 0.6 is 0 Å². The Kier molecular flexibility index (Phi) is 18.0. The molecule has 28 heavy (non-hydrogen) atoms. The predicted molar refractivity (Wildman–Crippen MR) is 108 cm³/mol. The van der Waals surface area contributed by atoms with Crippen LogP contribution in [0, 0.1) is 0 Å². The van der Waals surface area contributed by atoms with Crippen LogP contribution in [0.5, 0.6) is 0 Å². The minimum absolute atomic E-state index is 0. The second kappa shape index (κ2) is 17.5. The third kappa shape index (κ3) is 14.7. The molecule has 0 aromatic heterocycles. The van der Waals surface area contributed by atoms with Crippen LogP contribution in [-0.4, -0.2) is 40.6 Å². The topological polar surface area (TPSA) is 71.1 Å². The second-order valence-corrected chi connectivity index (χ2v) is 8.89. The summed E-state index contributed by atoms with van der Waals surface area (Å²) >= 11 is 0. The summed E-state index contributed by atoms with van der Waals surface area (Å²) in [7, 11) is -2.88. The van der Waals surface area contributed by atoms with Gasteiger partial charge in [-0.25, -0.2) is 4.18 Å².